The lowest BCUT2D eigenvalue weighted by molar-refractivity contribution is 0.217. The van der Waals surface area contributed by atoms with E-state index in [0.717, 1.165) is 5.69 Å². The highest BCUT2D eigenvalue weighted by molar-refractivity contribution is 5.64. The van der Waals surface area contributed by atoms with Gasteiger partial charge in [0.05, 0.1) is 5.69 Å². The van der Waals surface area contributed by atoms with Gasteiger partial charge in [-0.3, -0.25) is 5.10 Å². The molecule has 1 aliphatic rings. The van der Waals surface area contributed by atoms with Crippen molar-refractivity contribution in [1.29, 1.82) is 0 Å². The molecule has 1 fully saturated rings. The summed E-state index contributed by atoms with van der Waals surface area (Å²) in [5.41, 5.74) is 3.83. The minimum Gasteiger partial charge on any atom is -0.382 e. The van der Waals surface area contributed by atoms with Gasteiger partial charge in [0, 0.05) is 23.5 Å². The van der Waals surface area contributed by atoms with Crippen LogP contribution in [0.1, 0.15) is 39.5 Å². The molecule has 0 radical (unpaired) electrons. The summed E-state index contributed by atoms with van der Waals surface area (Å²) in [6.07, 6.45) is 7.06. The van der Waals surface area contributed by atoms with Crippen LogP contribution in [0.3, 0.4) is 0 Å². The van der Waals surface area contributed by atoms with Crippen molar-refractivity contribution >= 4 is 5.69 Å². The summed E-state index contributed by atoms with van der Waals surface area (Å²) in [6.45, 7) is 4.76. The zero-order valence-electron chi connectivity index (χ0n) is 12.3. The molecule has 1 saturated carbocycles. The molecule has 3 nitrogen and oxygen atoms in total. The number of nitrogens with zero attached hydrogens (tertiary/aromatic N) is 1. The van der Waals surface area contributed by atoms with Crippen LogP contribution in [-0.2, 0) is 0 Å². The van der Waals surface area contributed by atoms with Gasteiger partial charge in [0.1, 0.15) is 0 Å². The molecule has 106 valence electrons. The standard InChI is InChI=1S/C17H23N3/c1-17(2)10-4-3-8-16(17)19-14-7-5-6-13(12-14)15-9-11-18-20-15/h5-7,9,11-12,16,19H,3-4,8,10H2,1-2H3,(H,18,20). The number of aromatic amines is 1. The smallest absolute Gasteiger partial charge is 0.0650 e. The van der Waals surface area contributed by atoms with Gasteiger partial charge in [-0.25, -0.2) is 0 Å². The van der Waals surface area contributed by atoms with E-state index in [4.69, 9.17) is 0 Å². The van der Waals surface area contributed by atoms with E-state index in [1.165, 1.54) is 36.9 Å². The van der Waals surface area contributed by atoms with Gasteiger partial charge in [0.2, 0.25) is 0 Å². The van der Waals surface area contributed by atoms with Crippen molar-refractivity contribution in [3.05, 3.63) is 36.5 Å². The molecule has 0 spiro atoms. The quantitative estimate of drug-likeness (QED) is 0.863. The highest BCUT2D eigenvalue weighted by atomic mass is 15.1. The van der Waals surface area contributed by atoms with Crippen molar-refractivity contribution in [2.75, 3.05) is 5.32 Å². The molecule has 0 bridgehead atoms. The Morgan fingerprint density at radius 1 is 1.25 bits per heavy atom. The number of hydrogen-bond donors (Lipinski definition) is 2. The van der Waals surface area contributed by atoms with Crippen LogP contribution < -0.4 is 5.32 Å². The minimum atomic E-state index is 0.377. The molecule has 1 atom stereocenters. The largest absolute Gasteiger partial charge is 0.382 e. The molecule has 0 aliphatic heterocycles. The second kappa shape index (κ2) is 5.31. The van der Waals surface area contributed by atoms with E-state index < -0.39 is 0 Å². The van der Waals surface area contributed by atoms with Crippen LogP contribution in [0.2, 0.25) is 0 Å². The lowest BCUT2D eigenvalue weighted by Crippen LogP contribution is -2.38. The number of H-pyrrole nitrogens is 1. The lowest BCUT2D eigenvalue weighted by atomic mass is 9.73. The number of nitrogens with one attached hydrogen (secondary N) is 2. The predicted octanol–water partition coefficient (Wildman–Crippen LogP) is 4.46. The van der Waals surface area contributed by atoms with Gasteiger partial charge >= 0.3 is 0 Å². The maximum atomic E-state index is 4.02. The molecular formula is C17H23N3. The Morgan fingerprint density at radius 2 is 2.15 bits per heavy atom. The molecule has 1 heterocycles. The van der Waals surface area contributed by atoms with E-state index in [0.29, 0.717) is 11.5 Å². The molecule has 1 unspecified atom stereocenters. The van der Waals surface area contributed by atoms with E-state index in [-0.39, 0.29) is 0 Å². The molecule has 0 amide bonds. The van der Waals surface area contributed by atoms with Gasteiger partial charge in [-0.2, -0.15) is 5.10 Å². The van der Waals surface area contributed by atoms with Gasteiger partial charge < -0.3 is 5.32 Å². The first-order valence-corrected chi connectivity index (χ1v) is 7.51. The van der Waals surface area contributed by atoms with Crippen molar-refractivity contribution in [2.45, 2.75) is 45.6 Å². The average molecular weight is 269 g/mol. The molecule has 2 aromatic rings. The summed E-state index contributed by atoms with van der Waals surface area (Å²) < 4.78 is 0. The Hall–Kier alpha value is -1.77. The second-order valence-corrected chi connectivity index (χ2v) is 6.48. The Balaban J connectivity index is 1.79. The number of anilines is 1. The van der Waals surface area contributed by atoms with Gasteiger partial charge in [0.15, 0.2) is 0 Å². The van der Waals surface area contributed by atoms with Gasteiger partial charge in [0.25, 0.3) is 0 Å². The van der Waals surface area contributed by atoms with Gasteiger partial charge in [-0.15, -0.1) is 0 Å². The highest BCUT2D eigenvalue weighted by Gasteiger charge is 2.31. The fourth-order valence-electron chi connectivity index (χ4n) is 3.16. The van der Waals surface area contributed by atoms with Gasteiger partial charge in [-0.05, 0) is 36.5 Å². The summed E-state index contributed by atoms with van der Waals surface area (Å²) in [4.78, 5) is 0. The highest BCUT2D eigenvalue weighted by Crippen LogP contribution is 2.37. The Labute approximate surface area is 120 Å². The number of aromatic nitrogens is 2. The van der Waals surface area contributed by atoms with E-state index in [9.17, 15) is 0 Å². The number of benzene rings is 1. The molecule has 1 aromatic heterocycles. The van der Waals surface area contributed by atoms with Crippen LogP contribution in [0, 0.1) is 5.41 Å². The zero-order valence-corrected chi connectivity index (χ0v) is 12.3. The van der Waals surface area contributed by atoms with Crippen molar-refractivity contribution in [1.82, 2.24) is 10.2 Å². The number of rotatable bonds is 3. The van der Waals surface area contributed by atoms with E-state index in [2.05, 4.69) is 53.6 Å². The van der Waals surface area contributed by atoms with Gasteiger partial charge in [-0.1, -0.05) is 38.8 Å². The lowest BCUT2D eigenvalue weighted by Gasteiger charge is -2.39. The maximum Gasteiger partial charge on any atom is 0.0650 e. The SMILES string of the molecule is CC1(C)CCCCC1Nc1cccc(-c2ccn[nH]2)c1. The van der Waals surface area contributed by atoms with Crippen LogP contribution in [-0.4, -0.2) is 16.2 Å². The summed E-state index contributed by atoms with van der Waals surface area (Å²) >= 11 is 0. The van der Waals surface area contributed by atoms with Crippen LogP contribution in [0.25, 0.3) is 11.3 Å². The molecule has 2 N–H and O–H groups in total. The third kappa shape index (κ3) is 2.72. The molecular weight excluding hydrogens is 246 g/mol. The Bertz CT molecular complexity index is 557. The topological polar surface area (TPSA) is 40.7 Å². The molecule has 3 rings (SSSR count). The molecule has 0 saturated heterocycles. The second-order valence-electron chi connectivity index (χ2n) is 6.48. The first kappa shape index (κ1) is 13.2. The number of hydrogen-bond acceptors (Lipinski definition) is 2. The summed E-state index contributed by atoms with van der Waals surface area (Å²) in [5, 5.41) is 10.8. The normalized spacial score (nSPS) is 21.6. The van der Waals surface area contributed by atoms with Crippen molar-refractivity contribution in [2.24, 2.45) is 5.41 Å². The molecule has 1 aromatic carbocycles. The zero-order chi connectivity index (χ0) is 14.0. The predicted molar refractivity (Wildman–Crippen MR) is 83.7 cm³/mol. The van der Waals surface area contributed by atoms with Crippen LogP contribution >= 0.6 is 0 Å². The third-order valence-electron chi connectivity index (χ3n) is 4.52. The van der Waals surface area contributed by atoms with Crippen LogP contribution in [0.5, 0.6) is 0 Å². The Morgan fingerprint density at radius 3 is 2.90 bits per heavy atom. The first-order chi connectivity index (χ1) is 9.65. The van der Waals surface area contributed by atoms with Crippen molar-refractivity contribution in [3.8, 4) is 11.3 Å². The minimum absolute atomic E-state index is 0.377. The van der Waals surface area contributed by atoms with Crippen LogP contribution in [0.4, 0.5) is 5.69 Å². The monoisotopic (exact) mass is 269 g/mol. The van der Waals surface area contributed by atoms with Crippen molar-refractivity contribution < 1.29 is 0 Å². The van der Waals surface area contributed by atoms with E-state index in [1.807, 2.05) is 6.07 Å². The van der Waals surface area contributed by atoms with E-state index >= 15 is 0 Å². The van der Waals surface area contributed by atoms with E-state index in [1.54, 1.807) is 6.20 Å². The molecule has 3 heteroatoms. The van der Waals surface area contributed by atoms with Crippen LogP contribution in [0.15, 0.2) is 36.5 Å². The fourth-order valence-corrected chi connectivity index (χ4v) is 3.16. The van der Waals surface area contributed by atoms with Crippen molar-refractivity contribution in [3.63, 3.8) is 0 Å². The average Bonchev–Trinajstić information content (AvgIpc) is 2.96. The summed E-state index contributed by atoms with van der Waals surface area (Å²) in [5.74, 6) is 0. The summed E-state index contributed by atoms with van der Waals surface area (Å²) in [6, 6.07) is 11.2. The first-order valence-electron chi connectivity index (χ1n) is 7.51. The molecule has 20 heavy (non-hydrogen) atoms. The Kier molecular flexibility index (Phi) is 3.51. The summed E-state index contributed by atoms with van der Waals surface area (Å²) in [7, 11) is 0. The fraction of sp³-hybridized carbons (Fsp3) is 0.471. The molecule has 1 aliphatic carbocycles. The maximum absolute atomic E-state index is 4.02. The third-order valence-corrected chi connectivity index (χ3v) is 4.52.